The minimum absolute atomic E-state index is 0.524. The summed E-state index contributed by atoms with van der Waals surface area (Å²) in [5.41, 5.74) is 4.13. The van der Waals surface area contributed by atoms with E-state index in [2.05, 4.69) is 15.5 Å². The maximum atomic E-state index is 5.97. The zero-order valence-electron chi connectivity index (χ0n) is 8.77. The number of anilines is 1. The van der Waals surface area contributed by atoms with Crippen molar-refractivity contribution in [3.8, 4) is 0 Å². The van der Waals surface area contributed by atoms with Gasteiger partial charge in [-0.25, -0.2) is 0 Å². The Morgan fingerprint density at radius 2 is 1.82 bits per heavy atom. The van der Waals surface area contributed by atoms with Crippen LogP contribution in [0.3, 0.4) is 0 Å². The van der Waals surface area contributed by atoms with Crippen LogP contribution in [-0.4, -0.2) is 11.2 Å². The molecule has 0 saturated carbocycles. The summed E-state index contributed by atoms with van der Waals surface area (Å²) in [6, 6.07) is 10.8. The fourth-order valence-corrected chi connectivity index (χ4v) is 1.70. The summed E-state index contributed by atoms with van der Waals surface area (Å²) < 4.78 is 0. The van der Waals surface area contributed by atoms with Crippen LogP contribution >= 0.6 is 23.2 Å². The normalized spacial score (nSPS) is 10.7. The van der Waals surface area contributed by atoms with Gasteiger partial charge in [-0.15, -0.1) is 0 Å². The number of nitrogens with zero attached hydrogens (tertiary/aromatic N) is 2. The van der Waals surface area contributed by atoms with Crippen molar-refractivity contribution in [3.05, 3.63) is 58.3 Å². The Kier molecular flexibility index (Phi) is 3.96. The van der Waals surface area contributed by atoms with Gasteiger partial charge >= 0.3 is 0 Å². The molecule has 1 N–H and O–H groups in total. The third-order valence-electron chi connectivity index (χ3n) is 2.02. The number of halogens is 2. The number of para-hydroxylation sites is 1. The summed E-state index contributed by atoms with van der Waals surface area (Å²) >= 11 is 11.9. The van der Waals surface area contributed by atoms with Crippen molar-refractivity contribution < 1.29 is 0 Å². The number of rotatable bonds is 3. The minimum Gasteiger partial charge on any atom is -0.275 e. The molecule has 0 aliphatic heterocycles. The van der Waals surface area contributed by atoms with Gasteiger partial charge in [0, 0.05) is 6.20 Å². The molecule has 1 aromatic heterocycles. The van der Waals surface area contributed by atoms with Gasteiger partial charge in [-0.2, -0.15) is 5.10 Å². The van der Waals surface area contributed by atoms with Crippen LogP contribution in [0.4, 0.5) is 5.69 Å². The maximum Gasteiger partial charge on any atom is 0.0934 e. The third-order valence-corrected chi connectivity index (χ3v) is 2.65. The largest absolute Gasteiger partial charge is 0.275 e. The first-order valence-corrected chi connectivity index (χ1v) is 5.67. The van der Waals surface area contributed by atoms with Crippen LogP contribution in [0.2, 0.25) is 10.0 Å². The van der Waals surface area contributed by atoms with Gasteiger partial charge in [0.1, 0.15) is 0 Å². The highest BCUT2D eigenvalue weighted by molar-refractivity contribution is 6.39. The highest BCUT2D eigenvalue weighted by Gasteiger charge is 2.02. The van der Waals surface area contributed by atoms with E-state index in [9.17, 15) is 0 Å². The SMILES string of the molecule is Clc1cccc(Cl)c1NN=Cc1ccccn1. The van der Waals surface area contributed by atoms with Crippen molar-refractivity contribution in [2.24, 2.45) is 5.10 Å². The predicted molar refractivity (Wildman–Crippen MR) is 71.9 cm³/mol. The van der Waals surface area contributed by atoms with Crippen molar-refractivity contribution in [2.45, 2.75) is 0 Å². The standard InChI is InChI=1S/C12H9Cl2N3/c13-10-5-3-6-11(14)12(10)17-16-8-9-4-1-2-7-15-9/h1-8,17H. The molecule has 3 nitrogen and oxygen atoms in total. The summed E-state index contributed by atoms with van der Waals surface area (Å²) in [6.07, 6.45) is 3.30. The second-order valence-electron chi connectivity index (χ2n) is 3.22. The lowest BCUT2D eigenvalue weighted by molar-refractivity contribution is 1.28. The lowest BCUT2D eigenvalue weighted by Gasteiger charge is -2.04. The Labute approximate surface area is 109 Å². The van der Waals surface area contributed by atoms with E-state index < -0.39 is 0 Å². The molecular formula is C12H9Cl2N3. The van der Waals surface area contributed by atoms with Gasteiger partial charge in [0.2, 0.25) is 0 Å². The maximum absolute atomic E-state index is 5.97. The molecule has 0 atom stereocenters. The Balaban J connectivity index is 2.10. The van der Waals surface area contributed by atoms with E-state index in [1.807, 2.05) is 18.2 Å². The Morgan fingerprint density at radius 3 is 2.47 bits per heavy atom. The Bertz CT molecular complexity index is 506. The number of hydrogen-bond donors (Lipinski definition) is 1. The first-order chi connectivity index (χ1) is 8.27. The molecule has 0 saturated heterocycles. The first kappa shape index (κ1) is 11.9. The van der Waals surface area contributed by atoms with Crippen molar-refractivity contribution in [3.63, 3.8) is 0 Å². The van der Waals surface area contributed by atoms with Gasteiger partial charge in [-0.05, 0) is 24.3 Å². The quantitative estimate of drug-likeness (QED) is 0.677. The molecule has 0 unspecified atom stereocenters. The third kappa shape index (κ3) is 3.19. The molecule has 2 aromatic rings. The first-order valence-electron chi connectivity index (χ1n) is 4.91. The van der Waals surface area contributed by atoms with Crippen molar-refractivity contribution in [1.29, 1.82) is 0 Å². The van der Waals surface area contributed by atoms with E-state index >= 15 is 0 Å². The van der Waals surface area contributed by atoms with E-state index in [0.29, 0.717) is 15.7 Å². The molecular weight excluding hydrogens is 257 g/mol. The number of aromatic nitrogens is 1. The van der Waals surface area contributed by atoms with Crippen molar-refractivity contribution in [1.82, 2.24) is 4.98 Å². The summed E-state index contributed by atoms with van der Waals surface area (Å²) in [4.78, 5) is 4.10. The molecule has 2 rings (SSSR count). The molecule has 0 amide bonds. The minimum atomic E-state index is 0.524. The second kappa shape index (κ2) is 5.66. The smallest absolute Gasteiger partial charge is 0.0934 e. The van der Waals surface area contributed by atoms with E-state index in [1.54, 1.807) is 30.6 Å². The van der Waals surface area contributed by atoms with Gasteiger partial charge in [-0.1, -0.05) is 35.3 Å². The molecule has 0 aliphatic carbocycles. The monoisotopic (exact) mass is 265 g/mol. The zero-order valence-corrected chi connectivity index (χ0v) is 10.3. The average molecular weight is 266 g/mol. The molecule has 5 heteroatoms. The van der Waals surface area contributed by atoms with E-state index in [1.165, 1.54) is 0 Å². The highest BCUT2D eigenvalue weighted by Crippen LogP contribution is 2.29. The molecule has 0 bridgehead atoms. The molecule has 1 heterocycles. The van der Waals surface area contributed by atoms with Crippen LogP contribution in [0.25, 0.3) is 0 Å². The van der Waals surface area contributed by atoms with Gasteiger partial charge in [0.15, 0.2) is 0 Å². The molecule has 17 heavy (non-hydrogen) atoms. The van der Waals surface area contributed by atoms with Crippen molar-refractivity contribution in [2.75, 3.05) is 5.43 Å². The summed E-state index contributed by atoms with van der Waals surface area (Å²) in [5, 5.41) is 5.07. The van der Waals surface area contributed by atoms with Crippen LogP contribution in [0.5, 0.6) is 0 Å². The molecule has 0 spiro atoms. The molecule has 86 valence electrons. The molecule has 0 radical (unpaired) electrons. The van der Waals surface area contributed by atoms with Gasteiger partial charge in [-0.3, -0.25) is 10.4 Å². The fourth-order valence-electron chi connectivity index (χ4n) is 1.22. The van der Waals surface area contributed by atoms with Crippen LogP contribution < -0.4 is 5.43 Å². The predicted octanol–water partition coefficient (Wildman–Crippen LogP) is 3.83. The Morgan fingerprint density at radius 1 is 1.06 bits per heavy atom. The Hall–Kier alpha value is -1.58. The molecule has 0 fully saturated rings. The van der Waals surface area contributed by atoms with Crippen molar-refractivity contribution >= 4 is 35.1 Å². The van der Waals surface area contributed by atoms with Crippen LogP contribution in [0.1, 0.15) is 5.69 Å². The van der Waals surface area contributed by atoms with E-state index in [0.717, 1.165) is 5.69 Å². The number of hydrogen-bond acceptors (Lipinski definition) is 3. The lowest BCUT2D eigenvalue weighted by Crippen LogP contribution is -1.93. The van der Waals surface area contributed by atoms with Crippen LogP contribution in [0, 0.1) is 0 Å². The number of pyridine rings is 1. The highest BCUT2D eigenvalue weighted by atomic mass is 35.5. The van der Waals surface area contributed by atoms with E-state index in [-0.39, 0.29) is 0 Å². The lowest BCUT2D eigenvalue weighted by atomic mass is 10.3. The van der Waals surface area contributed by atoms with Gasteiger partial charge in [0.25, 0.3) is 0 Å². The topological polar surface area (TPSA) is 37.3 Å². The number of nitrogens with one attached hydrogen (secondary N) is 1. The van der Waals surface area contributed by atoms with E-state index in [4.69, 9.17) is 23.2 Å². The summed E-state index contributed by atoms with van der Waals surface area (Å²) in [7, 11) is 0. The number of benzene rings is 1. The number of hydrazone groups is 1. The van der Waals surface area contributed by atoms with Gasteiger partial charge < -0.3 is 0 Å². The summed E-state index contributed by atoms with van der Waals surface area (Å²) in [5.74, 6) is 0. The van der Waals surface area contributed by atoms with Crippen LogP contribution in [0.15, 0.2) is 47.7 Å². The second-order valence-corrected chi connectivity index (χ2v) is 4.04. The summed E-state index contributed by atoms with van der Waals surface area (Å²) in [6.45, 7) is 0. The molecule has 0 aliphatic rings. The van der Waals surface area contributed by atoms with Gasteiger partial charge in [0.05, 0.1) is 27.6 Å². The van der Waals surface area contributed by atoms with Crippen LogP contribution in [-0.2, 0) is 0 Å². The zero-order chi connectivity index (χ0) is 12.1. The molecule has 1 aromatic carbocycles. The average Bonchev–Trinajstić information content (AvgIpc) is 2.34. The fraction of sp³-hybridized carbons (Fsp3) is 0.